The highest BCUT2D eigenvalue weighted by Crippen LogP contribution is 2.22. The Morgan fingerprint density at radius 2 is 2.03 bits per heavy atom. The van der Waals surface area contributed by atoms with Gasteiger partial charge in [0.05, 0.1) is 16.4 Å². The molecule has 158 valence electrons. The number of nitrogens with one attached hydrogen (secondary N) is 3. The SMILES string of the molecule is Brc1cnn2c(NCc3ccc(-c4ccccn4)cc3)nc(NC3CCCNC3)nc12. The van der Waals surface area contributed by atoms with Crippen LogP contribution < -0.4 is 16.0 Å². The van der Waals surface area contributed by atoms with Crippen molar-refractivity contribution in [2.24, 2.45) is 0 Å². The zero-order valence-electron chi connectivity index (χ0n) is 16.9. The van der Waals surface area contributed by atoms with E-state index in [4.69, 9.17) is 4.98 Å². The van der Waals surface area contributed by atoms with Gasteiger partial charge in [0.2, 0.25) is 11.9 Å². The van der Waals surface area contributed by atoms with Crippen LogP contribution in [0.15, 0.2) is 59.3 Å². The Kier molecular flexibility index (Phi) is 5.77. The number of piperidine rings is 1. The van der Waals surface area contributed by atoms with Crippen molar-refractivity contribution in [2.75, 3.05) is 23.7 Å². The monoisotopic (exact) mass is 478 g/mol. The number of benzene rings is 1. The molecule has 0 radical (unpaired) electrons. The third kappa shape index (κ3) is 4.52. The fraction of sp³-hybridized carbons (Fsp3) is 0.273. The van der Waals surface area contributed by atoms with Gasteiger partial charge in [0.1, 0.15) is 0 Å². The summed E-state index contributed by atoms with van der Waals surface area (Å²) in [5.74, 6) is 1.26. The van der Waals surface area contributed by atoms with Crippen molar-refractivity contribution in [1.29, 1.82) is 0 Å². The van der Waals surface area contributed by atoms with E-state index < -0.39 is 0 Å². The number of hydrogen-bond donors (Lipinski definition) is 3. The van der Waals surface area contributed by atoms with Crippen LogP contribution in [0.1, 0.15) is 18.4 Å². The molecule has 1 saturated heterocycles. The molecule has 0 spiro atoms. The molecule has 0 aliphatic carbocycles. The highest BCUT2D eigenvalue weighted by atomic mass is 79.9. The Hall–Kier alpha value is -3.04. The number of pyridine rings is 1. The van der Waals surface area contributed by atoms with Gasteiger partial charge >= 0.3 is 0 Å². The van der Waals surface area contributed by atoms with E-state index in [1.807, 2.05) is 24.4 Å². The van der Waals surface area contributed by atoms with Crippen LogP contribution in [0, 0.1) is 0 Å². The summed E-state index contributed by atoms with van der Waals surface area (Å²) in [7, 11) is 0. The number of anilines is 2. The molecule has 4 heterocycles. The van der Waals surface area contributed by atoms with Crippen LogP contribution in [0.2, 0.25) is 0 Å². The van der Waals surface area contributed by atoms with Gasteiger partial charge < -0.3 is 16.0 Å². The summed E-state index contributed by atoms with van der Waals surface area (Å²) in [6, 6.07) is 14.6. The smallest absolute Gasteiger partial charge is 0.229 e. The second kappa shape index (κ2) is 8.99. The van der Waals surface area contributed by atoms with Crippen LogP contribution in [0.3, 0.4) is 0 Å². The Bertz CT molecular complexity index is 1150. The standard InChI is InChI=1S/C22H23BrN8/c23-18-14-27-31-20(18)29-21(28-17-4-3-10-24-13-17)30-22(31)26-12-15-6-8-16(9-7-15)19-5-1-2-11-25-19/h1-2,5-9,11,14,17,24H,3-4,10,12-13H2,(H2,26,28,29,30). The lowest BCUT2D eigenvalue weighted by Crippen LogP contribution is -2.38. The van der Waals surface area contributed by atoms with E-state index in [0.717, 1.165) is 52.9 Å². The first kappa shape index (κ1) is 19.9. The fourth-order valence-electron chi connectivity index (χ4n) is 3.70. The molecule has 8 nitrogen and oxygen atoms in total. The lowest BCUT2D eigenvalue weighted by molar-refractivity contribution is 0.478. The van der Waals surface area contributed by atoms with E-state index in [1.165, 1.54) is 0 Å². The highest BCUT2D eigenvalue weighted by molar-refractivity contribution is 9.10. The van der Waals surface area contributed by atoms with Gasteiger partial charge in [-0.3, -0.25) is 4.98 Å². The second-order valence-electron chi connectivity index (χ2n) is 7.55. The van der Waals surface area contributed by atoms with Gasteiger partial charge in [-0.05, 0) is 53.0 Å². The lowest BCUT2D eigenvalue weighted by Gasteiger charge is -2.24. The fourth-order valence-corrected chi connectivity index (χ4v) is 4.04. The molecule has 4 aromatic rings. The topological polar surface area (TPSA) is 92.1 Å². The van der Waals surface area contributed by atoms with E-state index in [0.29, 0.717) is 24.5 Å². The number of nitrogens with zero attached hydrogens (tertiary/aromatic N) is 5. The van der Waals surface area contributed by atoms with E-state index in [9.17, 15) is 0 Å². The van der Waals surface area contributed by atoms with E-state index in [2.05, 4.69) is 71.2 Å². The molecule has 3 aromatic heterocycles. The molecule has 9 heteroatoms. The second-order valence-corrected chi connectivity index (χ2v) is 8.41. The molecule has 3 N–H and O–H groups in total. The summed E-state index contributed by atoms with van der Waals surface area (Å²) in [6.07, 6.45) is 5.80. The third-order valence-electron chi connectivity index (χ3n) is 5.32. The summed E-state index contributed by atoms with van der Waals surface area (Å²) in [5, 5.41) is 14.7. The van der Waals surface area contributed by atoms with Crippen LogP contribution in [0.4, 0.5) is 11.9 Å². The number of rotatable bonds is 6. The van der Waals surface area contributed by atoms with Gasteiger partial charge in [0.15, 0.2) is 5.65 Å². The van der Waals surface area contributed by atoms with Gasteiger partial charge in [-0.2, -0.15) is 19.6 Å². The van der Waals surface area contributed by atoms with Crippen LogP contribution >= 0.6 is 15.9 Å². The first-order valence-corrected chi connectivity index (χ1v) is 11.2. The van der Waals surface area contributed by atoms with Gasteiger partial charge in [-0.1, -0.05) is 30.3 Å². The predicted octanol–water partition coefficient (Wildman–Crippen LogP) is 3.72. The zero-order valence-corrected chi connectivity index (χ0v) is 18.5. The Balaban J connectivity index is 1.34. The van der Waals surface area contributed by atoms with E-state index in [-0.39, 0.29) is 0 Å². The lowest BCUT2D eigenvalue weighted by atomic mass is 10.1. The van der Waals surface area contributed by atoms with Crippen molar-refractivity contribution in [3.63, 3.8) is 0 Å². The summed E-state index contributed by atoms with van der Waals surface area (Å²) >= 11 is 3.54. The Morgan fingerprint density at radius 3 is 2.81 bits per heavy atom. The Morgan fingerprint density at radius 1 is 1.13 bits per heavy atom. The average molecular weight is 479 g/mol. The summed E-state index contributed by atoms with van der Waals surface area (Å²) < 4.78 is 2.55. The normalized spacial score (nSPS) is 16.4. The molecule has 1 atom stereocenters. The minimum Gasteiger partial charge on any atom is -0.350 e. The first-order valence-electron chi connectivity index (χ1n) is 10.4. The number of fused-ring (bicyclic) bond motifs is 1. The summed E-state index contributed by atoms with van der Waals surface area (Å²) in [5.41, 5.74) is 3.93. The van der Waals surface area contributed by atoms with Gasteiger partial charge in [-0.25, -0.2) is 0 Å². The molecule has 0 bridgehead atoms. The van der Waals surface area contributed by atoms with Crippen LogP contribution in [0.25, 0.3) is 16.9 Å². The van der Waals surface area contributed by atoms with Crippen LogP contribution in [0.5, 0.6) is 0 Å². The highest BCUT2D eigenvalue weighted by Gasteiger charge is 2.17. The largest absolute Gasteiger partial charge is 0.350 e. The molecule has 1 aliphatic rings. The molecule has 1 aromatic carbocycles. The molecule has 5 rings (SSSR count). The van der Waals surface area contributed by atoms with Crippen LogP contribution in [-0.2, 0) is 6.54 Å². The molecule has 0 saturated carbocycles. The van der Waals surface area contributed by atoms with Gasteiger partial charge in [-0.15, -0.1) is 0 Å². The minimum atomic E-state index is 0.324. The molecular weight excluding hydrogens is 456 g/mol. The Labute approximate surface area is 188 Å². The van der Waals surface area contributed by atoms with Crippen molar-refractivity contribution in [3.8, 4) is 11.3 Å². The molecule has 1 aliphatic heterocycles. The minimum absolute atomic E-state index is 0.324. The van der Waals surface area contributed by atoms with Crippen molar-refractivity contribution < 1.29 is 0 Å². The maximum Gasteiger partial charge on any atom is 0.229 e. The zero-order chi connectivity index (χ0) is 21.0. The first-order chi connectivity index (χ1) is 15.3. The molecule has 1 unspecified atom stereocenters. The maximum atomic E-state index is 4.70. The van der Waals surface area contributed by atoms with Crippen molar-refractivity contribution >= 4 is 33.5 Å². The molecule has 1 fully saturated rings. The van der Waals surface area contributed by atoms with Gasteiger partial charge in [0.25, 0.3) is 0 Å². The van der Waals surface area contributed by atoms with Gasteiger partial charge in [0, 0.05) is 30.9 Å². The van der Waals surface area contributed by atoms with Crippen molar-refractivity contribution in [3.05, 3.63) is 64.9 Å². The molecule has 0 amide bonds. The number of aromatic nitrogens is 5. The third-order valence-corrected chi connectivity index (χ3v) is 5.88. The molecular formula is C22H23BrN8. The van der Waals surface area contributed by atoms with E-state index >= 15 is 0 Å². The maximum absolute atomic E-state index is 4.70. The number of halogens is 1. The van der Waals surface area contributed by atoms with Crippen molar-refractivity contribution in [1.82, 2.24) is 29.9 Å². The number of hydrogen-bond acceptors (Lipinski definition) is 7. The van der Waals surface area contributed by atoms with E-state index in [1.54, 1.807) is 10.7 Å². The average Bonchev–Trinajstić information content (AvgIpc) is 3.20. The summed E-state index contributed by atoms with van der Waals surface area (Å²) in [6.45, 7) is 2.61. The summed E-state index contributed by atoms with van der Waals surface area (Å²) in [4.78, 5) is 13.7. The molecule has 31 heavy (non-hydrogen) atoms. The van der Waals surface area contributed by atoms with Crippen molar-refractivity contribution in [2.45, 2.75) is 25.4 Å². The van der Waals surface area contributed by atoms with Crippen LogP contribution in [-0.4, -0.2) is 43.7 Å². The predicted molar refractivity (Wildman–Crippen MR) is 125 cm³/mol. The quantitative estimate of drug-likeness (QED) is 0.388.